The molecular weight excluding hydrogens is 282 g/mol. The van der Waals surface area contributed by atoms with Gasteiger partial charge in [-0.3, -0.25) is 4.79 Å². The molecule has 1 N–H and O–H groups in total. The Morgan fingerprint density at radius 2 is 1.52 bits per heavy atom. The number of benzene rings is 2. The normalized spacial score (nSPS) is 12.0. The molecule has 23 heavy (non-hydrogen) atoms. The summed E-state index contributed by atoms with van der Waals surface area (Å²) >= 11 is 0. The van der Waals surface area contributed by atoms with E-state index in [1.165, 1.54) is 27.8 Å². The van der Waals surface area contributed by atoms with E-state index in [0.29, 0.717) is 6.42 Å². The fourth-order valence-electron chi connectivity index (χ4n) is 2.75. The molecule has 0 aliphatic heterocycles. The molecule has 0 radical (unpaired) electrons. The van der Waals surface area contributed by atoms with Gasteiger partial charge in [0.2, 0.25) is 5.91 Å². The van der Waals surface area contributed by atoms with Gasteiger partial charge in [-0.05, 0) is 67.5 Å². The molecule has 0 bridgehead atoms. The minimum Gasteiger partial charge on any atom is -0.349 e. The van der Waals surface area contributed by atoms with E-state index < -0.39 is 0 Å². The predicted octanol–water partition coefficient (Wildman–Crippen LogP) is 4.73. The largest absolute Gasteiger partial charge is 0.349 e. The van der Waals surface area contributed by atoms with Crippen molar-refractivity contribution in [1.29, 1.82) is 0 Å². The topological polar surface area (TPSA) is 29.1 Å². The van der Waals surface area contributed by atoms with Gasteiger partial charge in [-0.1, -0.05) is 43.3 Å². The van der Waals surface area contributed by atoms with Crippen LogP contribution in [0.4, 0.5) is 0 Å². The fourth-order valence-corrected chi connectivity index (χ4v) is 2.75. The van der Waals surface area contributed by atoms with Crippen molar-refractivity contribution in [3.05, 3.63) is 69.8 Å². The highest BCUT2D eigenvalue weighted by atomic mass is 16.1. The zero-order valence-corrected chi connectivity index (χ0v) is 14.9. The summed E-state index contributed by atoms with van der Waals surface area (Å²) in [5.74, 6) is 0.0818. The van der Waals surface area contributed by atoms with Crippen molar-refractivity contribution >= 4 is 5.91 Å². The van der Waals surface area contributed by atoms with E-state index in [0.717, 1.165) is 12.0 Å². The van der Waals surface area contributed by atoms with Crippen molar-refractivity contribution in [2.45, 2.75) is 53.5 Å². The first-order valence-electron chi connectivity index (χ1n) is 8.33. The quantitative estimate of drug-likeness (QED) is 0.850. The highest BCUT2D eigenvalue weighted by Crippen LogP contribution is 2.20. The Bertz CT molecular complexity index is 703. The predicted molar refractivity (Wildman–Crippen MR) is 96.7 cm³/mol. The molecule has 2 aromatic carbocycles. The standard InChI is InChI=1S/C21H27NO/c1-6-20(19-10-8-15(3)17(5)12-19)22-21(23)13-18-9-7-14(2)16(4)11-18/h7-12,20H,6,13H2,1-5H3,(H,22,23)/t20-/m1/s1. The van der Waals surface area contributed by atoms with Crippen LogP contribution >= 0.6 is 0 Å². The van der Waals surface area contributed by atoms with Gasteiger partial charge in [-0.15, -0.1) is 0 Å². The lowest BCUT2D eigenvalue weighted by Crippen LogP contribution is -2.29. The molecule has 0 aliphatic carbocycles. The molecule has 122 valence electrons. The molecular formula is C21H27NO. The molecule has 2 aromatic rings. The third kappa shape index (κ3) is 4.44. The van der Waals surface area contributed by atoms with Gasteiger partial charge in [0, 0.05) is 0 Å². The first-order valence-corrected chi connectivity index (χ1v) is 8.33. The Labute approximate surface area is 139 Å². The highest BCUT2D eigenvalue weighted by molar-refractivity contribution is 5.79. The van der Waals surface area contributed by atoms with E-state index in [2.05, 4.69) is 70.3 Å². The highest BCUT2D eigenvalue weighted by Gasteiger charge is 2.14. The molecule has 0 saturated heterocycles. The van der Waals surface area contributed by atoms with Gasteiger partial charge in [0.25, 0.3) is 0 Å². The van der Waals surface area contributed by atoms with Crippen LogP contribution in [-0.4, -0.2) is 5.91 Å². The summed E-state index contributed by atoms with van der Waals surface area (Å²) < 4.78 is 0. The number of carbonyl (C=O) groups is 1. The van der Waals surface area contributed by atoms with Crippen LogP contribution in [0.2, 0.25) is 0 Å². The third-order valence-corrected chi connectivity index (χ3v) is 4.61. The number of nitrogens with one attached hydrogen (secondary N) is 1. The molecule has 2 rings (SSSR count). The first-order chi connectivity index (χ1) is 10.9. The minimum absolute atomic E-state index is 0.0772. The second-order valence-corrected chi connectivity index (χ2v) is 6.47. The van der Waals surface area contributed by atoms with Gasteiger partial charge in [-0.2, -0.15) is 0 Å². The van der Waals surface area contributed by atoms with Crippen LogP contribution in [0.5, 0.6) is 0 Å². The van der Waals surface area contributed by atoms with Crippen LogP contribution in [0.15, 0.2) is 36.4 Å². The lowest BCUT2D eigenvalue weighted by atomic mass is 9.99. The fraction of sp³-hybridized carbons (Fsp3) is 0.381. The Kier molecular flexibility index (Phi) is 5.59. The number of aryl methyl sites for hydroxylation is 4. The summed E-state index contributed by atoms with van der Waals surface area (Å²) in [6.45, 7) is 10.5. The third-order valence-electron chi connectivity index (χ3n) is 4.61. The lowest BCUT2D eigenvalue weighted by molar-refractivity contribution is -0.121. The summed E-state index contributed by atoms with van der Waals surface area (Å²) in [5, 5.41) is 3.17. The van der Waals surface area contributed by atoms with E-state index in [1.54, 1.807) is 0 Å². The Hall–Kier alpha value is -2.09. The van der Waals surface area contributed by atoms with Gasteiger partial charge in [-0.25, -0.2) is 0 Å². The van der Waals surface area contributed by atoms with Crippen molar-refractivity contribution < 1.29 is 4.79 Å². The van der Waals surface area contributed by atoms with E-state index >= 15 is 0 Å². The van der Waals surface area contributed by atoms with Crippen molar-refractivity contribution in [2.75, 3.05) is 0 Å². The van der Waals surface area contributed by atoms with E-state index in [4.69, 9.17) is 0 Å². The molecule has 0 spiro atoms. The molecule has 2 nitrogen and oxygen atoms in total. The molecule has 0 unspecified atom stereocenters. The van der Waals surface area contributed by atoms with Gasteiger partial charge in [0.1, 0.15) is 0 Å². The molecule has 1 atom stereocenters. The molecule has 0 aliphatic rings. The van der Waals surface area contributed by atoms with Crippen LogP contribution in [0.25, 0.3) is 0 Å². The van der Waals surface area contributed by atoms with Crippen molar-refractivity contribution in [3.8, 4) is 0 Å². The summed E-state index contributed by atoms with van der Waals surface area (Å²) in [6.07, 6.45) is 1.32. The number of rotatable bonds is 5. The van der Waals surface area contributed by atoms with Crippen LogP contribution in [0.1, 0.15) is 52.8 Å². The number of carbonyl (C=O) groups excluding carboxylic acids is 1. The molecule has 1 amide bonds. The number of hydrogen-bond donors (Lipinski definition) is 1. The monoisotopic (exact) mass is 309 g/mol. The Morgan fingerprint density at radius 3 is 2.09 bits per heavy atom. The van der Waals surface area contributed by atoms with Crippen LogP contribution in [-0.2, 0) is 11.2 Å². The maximum atomic E-state index is 12.4. The van der Waals surface area contributed by atoms with Crippen LogP contribution < -0.4 is 5.32 Å². The SMILES string of the molecule is CC[C@@H](NC(=O)Cc1ccc(C)c(C)c1)c1ccc(C)c(C)c1. The smallest absolute Gasteiger partial charge is 0.224 e. The minimum atomic E-state index is 0.0772. The lowest BCUT2D eigenvalue weighted by Gasteiger charge is -2.19. The van der Waals surface area contributed by atoms with Crippen LogP contribution in [0.3, 0.4) is 0 Å². The van der Waals surface area contributed by atoms with E-state index in [-0.39, 0.29) is 11.9 Å². The molecule has 2 heteroatoms. The van der Waals surface area contributed by atoms with Crippen LogP contribution in [0, 0.1) is 27.7 Å². The van der Waals surface area contributed by atoms with Gasteiger partial charge in [0.15, 0.2) is 0 Å². The number of hydrogen-bond acceptors (Lipinski definition) is 1. The first kappa shape index (κ1) is 17.3. The molecule has 0 aromatic heterocycles. The van der Waals surface area contributed by atoms with Gasteiger partial charge >= 0.3 is 0 Å². The zero-order chi connectivity index (χ0) is 17.0. The second-order valence-electron chi connectivity index (χ2n) is 6.47. The summed E-state index contributed by atoms with van der Waals surface area (Å²) in [4.78, 5) is 12.4. The summed E-state index contributed by atoms with van der Waals surface area (Å²) in [5.41, 5.74) is 7.30. The van der Waals surface area contributed by atoms with Crippen molar-refractivity contribution in [2.24, 2.45) is 0 Å². The Balaban J connectivity index is 2.07. The number of amides is 1. The second kappa shape index (κ2) is 7.45. The van der Waals surface area contributed by atoms with E-state index in [1.807, 2.05) is 6.07 Å². The molecule has 0 fully saturated rings. The van der Waals surface area contributed by atoms with Crippen molar-refractivity contribution in [1.82, 2.24) is 5.32 Å². The maximum Gasteiger partial charge on any atom is 0.224 e. The van der Waals surface area contributed by atoms with Crippen molar-refractivity contribution in [3.63, 3.8) is 0 Å². The van der Waals surface area contributed by atoms with Gasteiger partial charge < -0.3 is 5.32 Å². The average molecular weight is 309 g/mol. The zero-order valence-electron chi connectivity index (χ0n) is 14.9. The maximum absolute atomic E-state index is 12.4. The summed E-state index contributed by atoms with van der Waals surface area (Å²) in [7, 11) is 0. The Morgan fingerprint density at radius 1 is 0.913 bits per heavy atom. The average Bonchev–Trinajstić information content (AvgIpc) is 2.51. The van der Waals surface area contributed by atoms with E-state index in [9.17, 15) is 4.79 Å². The summed E-state index contributed by atoms with van der Waals surface area (Å²) in [6, 6.07) is 12.7. The molecule has 0 heterocycles. The molecule has 0 saturated carbocycles. The van der Waals surface area contributed by atoms with Gasteiger partial charge in [0.05, 0.1) is 12.5 Å².